The van der Waals surface area contributed by atoms with Crippen LogP contribution in [0.25, 0.3) is 0 Å². The highest BCUT2D eigenvalue weighted by atomic mass is 32.2. The minimum Gasteiger partial charge on any atom is -0.286 e. The highest BCUT2D eigenvalue weighted by Gasteiger charge is 1.81. The highest BCUT2D eigenvalue weighted by Crippen LogP contribution is 1.60. The van der Waals surface area contributed by atoms with Gasteiger partial charge in [-0.2, -0.15) is 8.42 Å². The summed E-state index contributed by atoms with van der Waals surface area (Å²) in [6, 6.07) is 0. The number of rotatable bonds is 0. The SMILES string of the molecule is CF.CS(=O)(=O)O. The lowest BCUT2D eigenvalue weighted by molar-refractivity contribution is 0.490. The van der Waals surface area contributed by atoms with E-state index >= 15 is 0 Å². The first-order valence-electron chi connectivity index (χ1n) is 1.30. The molecule has 0 bridgehead atoms. The van der Waals surface area contributed by atoms with Crippen LogP contribution in [-0.2, 0) is 10.1 Å². The molecule has 0 rings (SSSR count). The van der Waals surface area contributed by atoms with Crippen molar-refractivity contribution >= 4 is 10.1 Å². The predicted octanol–water partition coefficient (Wildman–Crippen LogP) is 0.0897. The molecule has 5 heteroatoms. The van der Waals surface area contributed by atoms with Gasteiger partial charge in [0.1, 0.15) is 0 Å². The molecule has 0 unspecified atom stereocenters. The number of hydrogen-bond donors (Lipinski definition) is 1. The third-order valence-corrected chi connectivity index (χ3v) is 0. The molecule has 0 aromatic heterocycles. The van der Waals surface area contributed by atoms with E-state index in [0.717, 1.165) is 0 Å². The summed E-state index contributed by atoms with van der Waals surface area (Å²) in [7, 11) is -3.17. The molecule has 0 heterocycles. The molecule has 0 saturated heterocycles. The smallest absolute Gasteiger partial charge is 0.261 e. The van der Waals surface area contributed by atoms with Gasteiger partial charge in [-0.1, -0.05) is 0 Å². The first kappa shape index (κ1) is 9.96. The van der Waals surface area contributed by atoms with Crippen LogP contribution in [0.5, 0.6) is 0 Å². The zero-order chi connectivity index (χ0) is 6.50. The van der Waals surface area contributed by atoms with Crippen LogP contribution in [0.15, 0.2) is 0 Å². The summed E-state index contributed by atoms with van der Waals surface area (Å²) in [5, 5.41) is 0. The van der Waals surface area contributed by atoms with Gasteiger partial charge in [0.05, 0.1) is 13.4 Å². The Balaban J connectivity index is 0. The molecule has 0 spiro atoms. The van der Waals surface area contributed by atoms with Crippen molar-refractivity contribution in [1.29, 1.82) is 0 Å². The van der Waals surface area contributed by atoms with Crippen LogP contribution < -0.4 is 0 Å². The van der Waals surface area contributed by atoms with Crippen LogP contribution in [0.3, 0.4) is 0 Å². The van der Waals surface area contributed by atoms with Crippen LogP contribution in [0.2, 0.25) is 0 Å². The molecule has 0 radical (unpaired) electrons. The second kappa shape index (κ2) is 4.01. The quantitative estimate of drug-likeness (QED) is 0.473. The largest absolute Gasteiger partial charge is 0.286 e. The van der Waals surface area contributed by atoms with Gasteiger partial charge in [-0.15, -0.1) is 0 Å². The van der Waals surface area contributed by atoms with Crippen molar-refractivity contribution in [3.63, 3.8) is 0 Å². The molecule has 0 aromatic carbocycles. The normalized spacial score (nSPS) is 9.14. The minimum atomic E-state index is -3.67. The Kier molecular flexibility index (Phi) is 5.71. The summed E-state index contributed by atoms with van der Waals surface area (Å²) in [6.45, 7) is 0. The Morgan fingerprint density at radius 1 is 1.43 bits per heavy atom. The van der Waals surface area contributed by atoms with Crippen LogP contribution in [0.1, 0.15) is 0 Å². The van der Waals surface area contributed by atoms with E-state index in [1.165, 1.54) is 0 Å². The molecule has 3 nitrogen and oxygen atoms in total. The zero-order valence-corrected chi connectivity index (χ0v) is 4.87. The average Bonchev–Trinajstić information content (AvgIpc) is 1.36. The molecule has 7 heavy (non-hydrogen) atoms. The molecular weight excluding hydrogens is 123 g/mol. The van der Waals surface area contributed by atoms with Crippen molar-refractivity contribution in [3.05, 3.63) is 0 Å². The van der Waals surface area contributed by atoms with E-state index < -0.39 is 10.1 Å². The standard InChI is InChI=1S/CH3F.CH4O3S/c1-2;1-5(2,3)4/h1H3;1H3,(H,2,3,4). The van der Waals surface area contributed by atoms with Gasteiger partial charge >= 0.3 is 0 Å². The Morgan fingerprint density at radius 3 is 1.43 bits per heavy atom. The maximum absolute atomic E-state index is 9.50. The number of halogens is 1. The molecule has 1 N–H and O–H groups in total. The van der Waals surface area contributed by atoms with E-state index in [2.05, 4.69) is 0 Å². The summed E-state index contributed by atoms with van der Waals surface area (Å²) in [5.74, 6) is 0. The van der Waals surface area contributed by atoms with E-state index in [4.69, 9.17) is 4.55 Å². The molecule has 0 aliphatic heterocycles. The highest BCUT2D eigenvalue weighted by molar-refractivity contribution is 7.85. The number of hydrogen-bond acceptors (Lipinski definition) is 2. The first-order valence-corrected chi connectivity index (χ1v) is 3.15. The van der Waals surface area contributed by atoms with Gasteiger partial charge in [0.15, 0.2) is 0 Å². The summed E-state index contributed by atoms with van der Waals surface area (Å²) < 4.78 is 35.4. The van der Waals surface area contributed by atoms with Gasteiger partial charge in [0.2, 0.25) is 0 Å². The van der Waals surface area contributed by atoms with E-state index in [1.54, 1.807) is 0 Å². The minimum absolute atomic E-state index is 0.500. The molecular formula is C2H7FO3S. The average molecular weight is 130 g/mol. The Morgan fingerprint density at radius 2 is 1.43 bits per heavy atom. The lowest BCUT2D eigenvalue weighted by Crippen LogP contribution is -1.88. The van der Waals surface area contributed by atoms with Crippen molar-refractivity contribution in [2.75, 3.05) is 13.4 Å². The fraction of sp³-hybridized carbons (Fsp3) is 1.00. The third-order valence-electron chi connectivity index (χ3n) is 0. The van der Waals surface area contributed by atoms with Crippen molar-refractivity contribution < 1.29 is 17.4 Å². The van der Waals surface area contributed by atoms with Crippen LogP contribution in [0.4, 0.5) is 4.39 Å². The van der Waals surface area contributed by atoms with E-state index in [-0.39, 0.29) is 0 Å². The van der Waals surface area contributed by atoms with Crippen molar-refractivity contribution in [3.8, 4) is 0 Å². The van der Waals surface area contributed by atoms with Crippen molar-refractivity contribution in [2.45, 2.75) is 0 Å². The van der Waals surface area contributed by atoms with Crippen molar-refractivity contribution in [1.82, 2.24) is 0 Å². The zero-order valence-electron chi connectivity index (χ0n) is 4.05. The first-order chi connectivity index (χ1) is 3.00. The summed E-state index contributed by atoms with van der Waals surface area (Å²) in [4.78, 5) is 0. The topological polar surface area (TPSA) is 54.4 Å². The Labute approximate surface area is 41.9 Å². The van der Waals surface area contributed by atoms with Crippen LogP contribution in [0, 0.1) is 0 Å². The molecule has 0 aromatic rings. The van der Waals surface area contributed by atoms with Gasteiger partial charge in [-0.05, 0) is 0 Å². The number of alkyl halides is 1. The predicted molar refractivity (Wildman–Crippen MR) is 24.5 cm³/mol. The lowest BCUT2D eigenvalue weighted by Gasteiger charge is -1.69. The van der Waals surface area contributed by atoms with Gasteiger partial charge in [0, 0.05) is 0 Å². The molecule has 0 aliphatic rings. The van der Waals surface area contributed by atoms with Crippen LogP contribution in [-0.4, -0.2) is 26.4 Å². The second-order valence-corrected chi connectivity index (χ2v) is 2.20. The van der Waals surface area contributed by atoms with Gasteiger partial charge in [0.25, 0.3) is 10.1 Å². The van der Waals surface area contributed by atoms with E-state index in [0.29, 0.717) is 13.4 Å². The molecule has 0 atom stereocenters. The van der Waals surface area contributed by atoms with Crippen LogP contribution >= 0.6 is 0 Å². The maximum atomic E-state index is 9.50. The lowest BCUT2D eigenvalue weighted by atomic mass is 11.9. The molecule has 0 aliphatic carbocycles. The summed E-state index contributed by atoms with van der Waals surface area (Å²) >= 11 is 0. The molecule has 0 fully saturated rings. The molecule has 46 valence electrons. The van der Waals surface area contributed by atoms with Gasteiger partial charge in [-0.25, -0.2) is 0 Å². The van der Waals surface area contributed by atoms with Gasteiger partial charge < -0.3 is 0 Å². The monoisotopic (exact) mass is 130 g/mol. The molecule has 0 amide bonds. The maximum Gasteiger partial charge on any atom is 0.261 e. The van der Waals surface area contributed by atoms with E-state index in [1.807, 2.05) is 0 Å². The summed E-state index contributed by atoms with van der Waals surface area (Å²) in [6.07, 6.45) is 0.715. The molecule has 0 saturated carbocycles. The fourth-order valence-corrected chi connectivity index (χ4v) is 0. The summed E-state index contributed by atoms with van der Waals surface area (Å²) in [5.41, 5.74) is 0. The third kappa shape index (κ3) is 3360. The Bertz CT molecular complexity index is 96.1. The Hall–Kier alpha value is -0.160. The second-order valence-electron chi connectivity index (χ2n) is 0.733. The van der Waals surface area contributed by atoms with Crippen molar-refractivity contribution in [2.24, 2.45) is 0 Å². The fourth-order valence-electron chi connectivity index (χ4n) is 0. The van der Waals surface area contributed by atoms with E-state index in [9.17, 15) is 12.8 Å². The van der Waals surface area contributed by atoms with Gasteiger partial charge in [-0.3, -0.25) is 8.94 Å².